The van der Waals surface area contributed by atoms with Crippen LogP contribution in [0.1, 0.15) is 49.0 Å². The molecule has 1 rings (SSSR count). The largest absolute Gasteiger partial charge is 0.368 e. The molecule has 0 heterocycles. The van der Waals surface area contributed by atoms with E-state index in [0.29, 0.717) is 37.3 Å². The molecule has 0 bridgehead atoms. The average molecular weight is 445 g/mol. The van der Waals surface area contributed by atoms with Gasteiger partial charge in [0.05, 0.1) is 12.6 Å². The molecule has 0 aliphatic carbocycles. The van der Waals surface area contributed by atoms with Crippen LogP contribution in [-0.2, 0) is 16.1 Å². The van der Waals surface area contributed by atoms with E-state index in [-0.39, 0.29) is 24.4 Å². The first-order valence-electron chi connectivity index (χ1n) is 10.8. The molecule has 0 aliphatic rings. The second kappa shape index (κ2) is 14.1. The van der Waals surface area contributed by atoms with Crippen LogP contribution in [0.4, 0.5) is 0 Å². The molecule has 1 aromatic carbocycles. The fraction of sp³-hybridized carbons (Fsp3) is 0.522. The quantitative estimate of drug-likeness (QED) is 0.198. The first kappa shape index (κ1) is 27.0. The number of unbranched alkanes of at least 4 members (excludes halogenated alkanes) is 1. The van der Waals surface area contributed by atoms with Crippen molar-refractivity contribution in [3.8, 4) is 0 Å². The minimum Gasteiger partial charge on any atom is -0.368 e. The van der Waals surface area contributed by atoms with Gasteiger partial charge in [0.1, 0.15) is 6.04 Å². The van der Waals surface area contributed by atoms with Crippen LogP contribution in [0, 0.1) is 11.4 Å². The van der Waals surface area contributed by atoms with Gasteiger partial charge in [0.15, 0.2) is 0 Å². The number of primary amides is 1. The Kier molecular flexibility index (Phi) is 11.9. The molecular formula is C23H36N6O3. The van der Waals surface area contributed by atoms with Crippen molar-refractivity contribution in [3.63, 3.8) is 0 Å². The van der Waals surface area contributed by atoms with E-state index in [0.717, 1.165) is 5.56 Å². The highest BCUT2D eigenvalue weighted by atomic mass is 16.2. The zero-order valence-electron chi connectivity index (χ0n) is 19.4. The molecule has 0 aliphatic heterocycles. The summed E-state index contributed by atoms with van der Waals surface area (Å²) in [6.45, 7) is 4.77. The first-order chi connectivity index (χ1) is 15.2. The Morgan fingerprint density at radius 2 is 2.00 bits per heavy atom. The van der Waals surface area contributed by atoms with Crippen molar-refractivity contribution in [2.75, 3.05) is 20.6 Å². The van der Waals surface area contributed by atoms with E-state index in [1.807, 2.05) is 19.9 Å². The fourth-order valence-corrected chi connectivity index (χ4v) is 3.26. The number of likely N-dealkylation sites (N-methyl/N-ethyl adjacent to an activating group) is 2. The molecule has 2 atom stereocenters. The predicted molar refractivity (Wildman–Crippen MR) is 124 cm³/mol. The van der Waals surface area contributed by atoms with Crippen molar-refractivity contribution in [3.05, 3.63) is 47.5 Å². The number of nitrogens with one attached hydrogen (secondary N) is 3. The van der Waals surface area contributed by atoms with E-state index in [1.54, 1.807) is 44.4 Å². The van der Waals surface area contributed by atoms with Crippen molar-refractivity contribution in [1.29, 1.82) is 5.53 Å². The number of nitrogens with zero attached hydrogens (tertiary/aromatic N) is 2. The highest BCUT2D eigenvalue weighted by Gasteiger charge is 2.28. The minimum absolute atomic E-state index is 0.178. The summed E-state index contributed by atoms with van der Waals surface area (Å²) in [6.07, 6.45) is 5.39. The molecule has 1 aromatic rings. The Morgan fingerprint density at radius 1 is 1.28 bits per heavy atom. The van der Waals surface area contributed by atoms with Crippen LogP contribution in [0.2, 0.25) is 0 Å². The van der Waals surface area contributed by atoms with Gasteiger partial charge in [0.2, 0.25) is 11.8 Å². The molecule has 0 spiro atoms. The third kappa shape index (κ3) is 8.97. The van der Waals surface area contributed by atoms with Crippen LogP contribution < -0.4 is 16.4 Å². The van der Waals surface area contributed by atoms with Gasteiger partial charge < -0.3 is 21.3 Å². The molecule has 0 radical (unpaired) electrons. The summed E-state index contributed by atoms with van der Waals surface area (Å²) in [5.74, 6) is -0.631. The molecule has 0 fully saturated rings. The highest BCUT2D eigenvalue weighted by Crippen LogP contribution is 2.10. The van der Waals surface area contributed by atoms with E-state index in [9.17, 15) is 14.4 Å². The molecule has 0 saturated heterocycles. The van der Waals surface area contributed by atoms with Crippen molar-refractivity contribution in [1.82, 2.24) is 15.5 Å². The molecular weight excluding hydrogens is 408 g/mol. The van der Waals surface area contributed by atoms with Crippen LogP contribution in [0.15, 0.2) is 41.5 Å². The van der Waals surface area contributed by atoms with Gasteiger partial charge in [-0.05, 0) is 49.9 Å². The van der Waals surface area contributed by atoms with Gasteiger partial charge >= 0.3 is 0 Å². The van der Waals surface area contributed by atoms with Crippen molar-refractivity contribution >= 4 is 17.7 Å². The number of nitrogens with two attached hydrogens (primary N) is 1. The summed E-state index contributed by atoms with van der Waals surface area (Å²) >= 11 is 0. The summed E-state index contributed by atoms with van der Waals surface area (Å²) in [5, 5.41) is 9.18. The molecule has 176 valence electrons. The zero-order valence-corrected chi connectivity index (χ0v) is 19.4. The summed E-state index contributed by atoms with van der Waals surface area (Å²) in [5.41, 5.74) is 13.8. The van der Waals surface area contributed by atoms with Crippen molar-refractivity contribution in [2.45, 2.75) is 51.7 Å². The number of hydrogen-bond donors (Lipinski definition) is 4. The van der Waals surface area contributed by atoms with Crippen molar-refractivity contribution < 1.29 is 14.4 Å². The third-order valence-corrected chi connectivity index (χ3v) is 5.01. The second-order valence-corrected chi connectivity index (χ2v) is 8.11. The van der Waals surface area contributed by atoms with Gasteiger partial charge in [0, 0.05) is 19.2 Å². The molecule has 1 unspecified atom stereocenters. The number of benzene rings is 1. The Bertz CT molecular complexity index is 809. The Morgan fingerprint density at radius 3 is 2.59 bits per heavy atom. The van der Waals surface area contributed by atoms with E-state index >= 15 is 0 Å². The maximum atomic E-state index is 12.7. The lowest BCUT2D eigenvalue weighted by atomic mass is 10.0. The van der Waals surface area contributed by atoms with Gasteiger partial charge in [-0.25, -0.2) is 5.53 Å². The smallest absolute Gasteiger partial charge is 0.251 e. The monoisotopic (exact) mass is 444 g/mol. The normalized spacial score (nSPS) is 13.0. The Labute approximate surface area is 190 Å². The summed E-state index contributed by atoms with van der Waals surface area (Å²) in [4.78, 5) is 38.2. The van der Waals surface area contributed by atoms with E-state index in [4.69, 9.17) is 11.3 Å². The van der Waals surface area contributed by atoms with Crippen LogP contribution in [0.5, 0.6) is 0 Å². The summed E-state index contributed by atoms with van der Waals surface area (Å²) < 4.78 is 0. The first-order valence-corrected chi connectivity index (χ1v) is 10.8. The minimum atomic E-state index is -0.828. The lowest BCUT2D eigenvalue weighted by Crippen LogP contribution is -2.51. The number of carbonyl (C=O) groups is 3. The van der Waals surface area contributed by atoms with E-state index < -0.39 is 11.9 Å². The van der Waals surface area contributed by atoms with Gasteiger partial charge in [0.25, 0.3) is 5.91 Å². The number of carbonyl (C=O) groups excluding carboxylic acids is 3. The van der Waals surface area contributed by atoms with Crippen LogP contribution >= 0.6 is 0 Å². The van der Waals surface area contributed by atoms with E-state index in [2.05, 4.69) is 15.7 Å². The molecule has 5 N–H and O–H groups in total. The second-order valence-electron chi connectivity index (χ2n) is 8.11. The SMILES string of the molecule is CN[C@@H](CC(C)C)C(=O)N(C)C(/C=C\CCCNC(=O)c1cccc(CN=N)c1)C(N)=O. The third-order valence-electron chi connectivity index (χ3n) is 5.01. The Balaban J connectivity index is 2.55. The highest BCUT2D eigenvalue weighted by molar-refractivity contribution is 5.94. The molecule has 3 amide bonds. The lowest BCUT2D eigenvalue weighted by Gasteiger charge is -2.28. The summed E-state index contributed by atoms with van der Waals surface area (Å²) in [6, 6.07) is 5.81. The maximum absolute atomic E-state index is 12.7. The standard InChI is InChI=1S/C23H36N6O3/c1-16(2)13-19(26-3)23(32)29(4)20(21(24)30)11-6-5-7-12-27-22(31)18-10-8-9-17(14-18)15-28-25/h6,8-11,14,16,19-20,25-26H,5,7,12-13,15H2,1-4H3,(H2,24,30)(H,27,31)/b11-6-,28-25?/t19-,20?/m0/s1. The number of allylic oxidation sites excluding steroid dienone is 1. The maximum Gasteiger partial charge on any atom is 0.251 e. The molecule has 0 saturated carbocycles. The molecule has 9 heteroatoms. The number of hydrogen-bond acceptors (Lipinski definition) is 6. The van der Waals surface area contributed by atoms with Gasteiger partial charge in [-0.2, -0.15) is 5.11 Å². The number of rotatable bonds is 14. The topological polar surface area (TPSA) is 141 Å². The lowest BCUT2D eigenvalue weighted by molar-refractivity contribution is -0.138. The van der Waals surface area contributed by atoms with Gasteiger partial charge in [-0.1, -0.05) is 38.1 Å². The zero-order chi connectivity index (χ0) is 24.1. The van der Waals surface area contributed by atoms with Crippen LogP contribution in [0.25, 0.3) is 0 Å². The Hall–Kier alpha value is -3.07. The van der Waals surface area contributed by atoms with Gasteiger partial charge in [-0.3, -0.25) is 14.4 Å². The van der Waals surface area contributed by atoms with Crippen LogP contribution in [-0.4, -0.2) is 55.3 Å². The molecule has 9 nitrogen and oxygen atoms in total. The van der Waals surface area contributed by atoms with E-state index in [1.165, 1.54) is 4.90 Å². The fourth-order valence-electron chi connectivity index (χ4n) is 3.26. The summed E-state index contributed by atoms with van der Waals surface area (Å²) in [7, 11) is 3.30. The molecule has 32 heavy (non-hydrogen) atoms. The average Bonchev–Trinajstić information content (AvgIpc) is 2.75. The van der Waals surface area contributed by atoms with Gasteiger partial charge in [-0.15, -0.1) is 0 Å². The number of amides is 3. The predicted octanol–water partition coefficient (Wildman–Crippen LogP) is 2.23. The van der Waals surface area contributed by atoms with Crippen molar-refractivity contribution in [2.24, 2.45) is 16.8 Å². The van der Waals surface area contributed by atoms with Crippen LogP contribution in [0.3, 0.4) is 0 Å². The molecule has 0 aromatic heterocycles.